The SMILES string of the molecule is COC(=O)[C@H]1[C@@H](c2ccc([125I])cc2)CC2CC[C@H]1N2C. The van der Waals surface area contributed by atoms with E-state index in [4.69, 9.17) is 4.74 Å². The van der Waals surface area contributed by atoms with Crippen LogP contribution in [-0.4, -0.2) is 37.1 Å². The van der Waals surface area contributed by atoms with E-state index in [0.717, 1.165) is 12.8 Å². The predicted molar refractivity (Wildman–Crippen MR) is 86.6 cm³/mol. The summed E-state index contributed by atoms with van der Waals surface area (Å²) in [7, 11) is 3.66. The fourth-order valence-corrected chi connectivity index (χ4v) is 4.34. The minimum atomic E-state index is -0.0502. The van der Waals surface area contributed by atoms with Gasteiger partial charge in [0.15, 0.2) is 0 Å². The number of fused-ring (bicyclic) bond motifs is 2. The minimum absolute atomic E-state index is 0.0242. The Morgan fingerprint density at radius 3 is 2.65 bits per heavy atom. The predicted octanol–water partition coefficient (Wildman–Crippen LogP) is 3.03. The number of halogens is 1. The van der Waals surface area contributed by atoms with Gasteiger partial charge in [-0.25, -0.2) is 0 Å². The third kappa shape index (κ3) is 2.37. The molecule has 1 aromatic rings. The summed E-state index contributed by atoms with van der Waals surface area (Å²) >= 11 is 2.32. The lowest BCUT2D eigenvalue weighted by Gasteiger charge is -2.41. The number of carbonyl (C=O) groups excluding carboxylic acids is 1. The van der Waals surface area contributed by atoms with Gasteiger partial charge in [-0.3, -0.25) is 9.69 Å². The Bertz CT molecular complexity index is 502. The van der Waals surface area contributed by atoms with Crippen LogP contribution >= 0.6 is 22.6 Å². The van der Waals surface area contributed by atoms with Crippen molar-refractivity contribution in [1.29, 1.82) is 0 Å². The summed E-state index contributed by atoms with van der Waals surface area (Å²) in [5, 5.41) is 0. The zero-order valence-electron chi connectivity index (χ0n) is 11.9. The first-order valence-corrected chi connectivity index (χ1v) is 8.25. The molecule has 2 bridgehead atoms. The number of carbonyl (C=O) groups is 1. The zero-order chi connectivity index (χ0) is 14.3. The van der Waals surface area contributed by atoms with Crippen LogP contribution in [-0.2, 0) is 9.53 Å². The van der Waals surface area contributed by atoms with E-state index in [1.165, 1.54) is 22.7 Å². The second kappa shape index (κ2) is 5.64. The standard InChI is InChI=1S/C16H20INO2/c1-18-12-7-8-14(18)15(16(19)20-2)13(9-12)10-3-5-11(17)6-4-10/h3-6,12-15H,7-9H2,1-2H3/t12?,13-,14-,15+/m1/s1/i17-2. The largest absolute Gasteiger partial charge is 0.469 e. The van der Waals surface area contributed by atoms with Crippen LogP contribution in [0.5, 0.6) is 0 Å². The summed E-state index contributed by atoms with van der Waals surface area (Å²) in [5.41, 5.74) is 1.28. The Balaban J connectivity index is 1.95. The van der Waals surface area contributed by atoms with Crippen LogP contribution in [0.4, 0.5) is 0 Å². The Morgan fingerprint density at radius 1 is 1.30 bits per heavy atom. The molecule has 0 radical (unpaired) electrons. The first kappa shape index (κ1) is 14.3. The number of rotatable bonds is 2. The second-order valence-electron chi connectivity index (χ2n) is 5.91. The number of hydrogen-bond donors (Lipinski definition) is 0. The van der Waals surface area contributed by atoms with Crippen LogP contribution in [0.3, 0.4) is 0 Å². The average molecular weight is 383 g/mol. The lowest BCUT2D eigenvalue weighted by molar-refractivity contribution is -0.150. The number of benzene rings is 1. The molecule has 1 aromatic carbocycles. The molecule has 0 saturated carbocycles. The van der Waals surface area contributed by atoms with Crippen molar-refractivity contribution < 1.29 is 9.53 Å². The summed E-state index contributed by atoms with van der Waals surface area (Å²) in [5.74, 6) is 0.225. The van der Waals surface area contributed by atoms with E-state index < -0.39 is 0 Å². The molecule has 0 amide bonds. The number of esters is 1. The van der Waals surface area contributed by atoms with Crippen LogP contribution in [0.1, 0.15) is 30.7 Å². The molecule has 20 heavy (non-hydrogen) atoms. The summed E-state index contributed by atoms with van der Waals surface area (Å²) in [6, 6.07) is 9.56. The highest BCUT2D eigenvalue weighted by Gasteiger charge is 2.49. The van der Waals surface area contributed by atoms with E-state index in [9.17, 15) is 4.79 Å². The molecule has 2 saturated heterocycles. The summed E-state index contributed by atoms with van der Waals surface area (Å²) in [4.78, 5) is 14.7. The second-order valence-corrected chi connectivity index (χ2v) is 7.15. The van der Waals surface area contributed by atoms with Crippen molar-refractivity contribution in [2.45, 2.75) is 37.3 Å². The number of piperidine rings is 1. The summed E-state index contributed by atoms with van der Waals surface area (Å²) < 4.78 is 6.33. The quantitative estimate of drug-likeness (QED) is 0.581. The first-order chi connectivity index (χ1) is 9.61. The molecule has 3 rings (SSSR count). The third-order valence-electron chi connectivity index (χ3n) is 5.04. The molecular weight excluding hydrogens is 363 g/mol. The van der Waals surface area contributed by atoms with Crippen molar-refractivity contribution in [3.05, 3.63) is 33.4 Å². The van der Waals surface area contributed by atoms with Crippen LogP contribution < -0.4 is 0 Å². The lowest BCUT2D eigenvalue weighted by atomic mass is 9.76. The summed E-state index contributed by atoms with van der Waals surface area (Å²) in [6.45, 7) is 0. The van der Waals surface area contributed by atoms with Gasteiger partial charge in [0.1, 0.15) is 0 Å². The van der Waals surface area contributed by atoms with Gasteiger partial charge in [-0.05, 0) is 66.6 Å². The Hall–Kier alpha value is -0.620. The number of nitrogens with zero attached hydrogens (tertiary/aromatic N) is 1. The van der Waals surface area contributed by atoms with E-state index in [0.29, 0.717) is 18.0 Å². The molecule has 2 heterocycles. The Kier molecular flexibility index (Phi) is 4.04. The van der Waals surface area contributed by atoms with Crippen LogP contribution in [0.15, 0.2) is 24.3 Å². The van der Waals surface area contributed by atoms with E-state index in [1.807, 2.05) is 0 Å². The van der Waals surface area contributed by atoms with E-state index in [1.54, 1.807) is 0 Å². The molecule has 2 aliphatic rings. The van der Waals surface area contributed by atoms with Gasteiger partial charge >= 0.3 is 5.97 Å². The van der Waals surface area contributed by atoms with Crippen molar-refractivity contribution in [3.63, 3.8) is 0 Å². The maximum atomic E-state index is 12.3. The highest BCUT2D eigenvalue weighted by atomic mass is 125. The van der Waals surface area contributed by atoms with Gasteiger partial charge in [-0.15, -0.1) is 0 Å². The molecule has 2 aliphatic heterocycles. The topological polar surface area (TPSA) is 29.5 Å². The molecule has 3 nitrogen and oxygen atoms in total. The Labute approximate surface area is 133 Å². The lowest BCUT2D eigenvalue weighted by Crippen LogP contribution is -2.49. The highest BCUT2D eigenvalue weighted by Crippen LogP contribution is 2.46. The van der Waals surface area contributed by atoms with Crippen LogP contribution in [0.25, 0.3) is 0 Å². The fourth-order valence-electron chi connectivity index (χ4n) is 3.98. The van der Waals surface area contributed by atoms with E-state index in [2.05, 4.69) is 58.8 Å². The van der Waals surface area contributed by atoms with Gasteiger partial charge in [0.2, 0.25) is 0 Å². The molecule has 0 aromatic heterocycles. The molecule has 4 heteroatoms. The van der Waals surface area contributed by atoms with Gasteiger partial charge in [-0.1, -0.05) is 12.1 Å². The first-order valence-electron chi connectivity index (χ1n) is 7.17. The number of ether oxygens (including phenoxy) is 1. The van der Waals surface area contributed by atoms with Crippen molar-refractivity contribution in [2.24, 2.45) is 5.92 Å². The van der Waals surface area contributed by atoms with Gasteiger partial charge in [0.05, 0.1) is 13.0 Å². The van der Waals surface area contributed by atoms with Crippen LogP contribution in [0, 0.1) is 9.49 Å². The van der Waals surface area contributed by atoms with Gasteiger partial charge < -0.3 is 4.74 Å². The maximum absolute atomic E-state index is 12.3. The van der Waals surface area contributed by atoms with Gasteiger partial charge in [0, 0.05) is 21.6 Å². The van der Waals surface area contributed by atoms with Crippen molar-refractivity contribution >= 4 is 28.6 Å². The van der Waals surface area contributed by atoms with E-state index >= 15 is 0 Å². The molecule has 4 atom stereocenters. The van der Waals surface area contributed by atoms with Crippen molar-refractivity contribution in [2.75, 3.05) is 14.2 Å². The zero-order valence-corrected chi connectivity index (χ0v) is 14.0. The molecule has 0 N–H and O–H groups in total. The average Bonchev–Trinajstić information content (AvgIpc) is 2.70. The normalized spacial score (nSPS) is 33.1. The Morgan fingerprint density at radius 2 is 2.00 bits per heavy atom. The van der Waals surface area contributed by atoms with E-state index in [-0.39, 0.29) is 11.9 Å². The highest BCUT2D eigenvalue weighted by molar-refractivity contribution is 14.1. The fraction of sp³-hybridized carbons (Fsp3) is 0.562. The van der Waals surface area contributed by atoms with Gasteiger partial charge in [-0.2, -0.15) is 0 Å². The minimum Gasteiger partial charge on any atom is -0.469 e. The molecule has 2 fully saturated rings. The molecule has 1 unspecified atom stereocenters. The van der Waals surface area contributed by atoms with Crippen molar-refractivity contribution in [3.8, 4) is 0 Å². The number of methoxy groups -OCH3 is 1. The smallest absolute Gasteiger partial charge is 0.310 e. The molecule has 108 valence electrons. The summed E-state index contributed by atoms with van der Waals surface area (Å²) in [6.07, 6.45) is 3.38. The number of hydrogen-bond acceptors (Lipinski definition) is 3. The molecule has 0 spiro atoms. The molecule has 0 aliphatic carbocycles. The molecular formula is C16H20INO2. The van der Waals surface area contributed by atoms with Crippen LogP contribution in [0.2, 0.25) is 0 Å². The van der Waals surface area contributed by atoms with Gasteiger partial charge in [0.25, 0.3) is 0 Å². The third-order valence-corrected chi connectivity index (χ3v) is 5.76. The monoisotopic (exact) mass is 383 g/mol. The van der Waals surface area contributed by atoms with Crippen molar-refractivity contribution in [1.82, 2.24) is 4.90 Å². The maximum Gasteiger partial charge on any atom is 0.310 e.